The molecule has 35 heavy (non-hydrogen) atoms. The number of piperidine rings is 1. The number of carbonyl (C=O) groups is 2. The fourth-order valence-electron chi connectivity index (χ4n) is 5.65. The molecule has 2 aliphatic rings. The van der Waals surface area contributed by atoms with E-state index >= 15 is 0 Å². The molecular weight excluding hydrogens is 434 g/mol. The number of hydrogen-bond donors (Lipinski definition) is 1. The Hall–Kier alpha value is -2.14. The summed E-state index contributed by atoms with van der Waals surface area (Å²) < 4.78 is 0. The lowest BCUT2D eigenvalue weighted by Crippen LogP contribution is -2.43. The van der Waals surface area contributed by atoms with Crippen molar-refractivity contribution in [2.45, 2.75) is 84.0 Å². The van der Waals surface area contributed by atoms with Crippen molar-refractivity contribution in [3.63, 3.8) is 0 Å². The Balaban J connectivity index is 1.53. The van der Waals surface area contributed by atoms with Crippen molar-refractivity contribution in [3.05, 3.63) is 41.5 Å². The van der Waals surface area contributed by atoms with Crippen molar-refractivity contribution in [2.75, 3.05) is 32.7 Å². The van der Waals surface area contributed by atoms with Crippen molar-refractivity contribution >= 4 is 17.9 Å². The molecule has 2 amide bonds. The molecule has 194 valence electrons. The van der Waals surface area contributed by atoms with Crippen molar-refractivity contribution in [2.24, 2.45) is 17.6 Å². The molecule has 5 nitrogen and oxygen atoms in total. The molecular formula is C30H47N3O2. The highest BCUT2D eigenvalue weighted by Gasteiger charge is 2.26. The maximum Gasteiger partial charge on any atom is 0.222 e. The monoisotopic (exact) mass is 481 g/mol. The maximum absolute atomic E-state index is 13.3. The third kappa shape index (κ3) is 9.79. The van der Waals surface area contributed by atoms with Crippen LogP contribution in [-0.2, 0) is 9.59 Å². The molecule has 5 heteroatoms. The fraction of sp³-hybridized carbons (Fsp3) is 0.667. The Morgan fingerprint density at radius 1 is 0.971 bits per heavy atom. The molecule has 0 radical (unpaired) electrons. The molecule has 1 aliphatic heterocycles. The van der Waals surface area contributed by atoms with Gasteiger partial charge < -0.3 is 15.5 Å². The van der Waals surface area contributed by atoms with Gasteiger partial charge in [-0.1, -0.05) is 74.1 Å². The van der Waals surface area contributed by atoms with Gasteiger partial charge in [0.1, 0.15) is 0 Å². The third-order valence-corrected chi connectivity index (χ3v) is 7.79. The molecule has 1 aromatic rings. The van der Waals surface area contributed by atoms with Crippen LogP contribution in [0.25, 0.3) is 6.08 Å². The summed E-state index contributed by atoms with van der Waals surface area (Å²) in [6.07, 6.45) is 14.7. The maximum atomic E-state index is 13.3. The summed E-state index contributed by atoms with van der Waals surface area (Å²) in [6, 6.07) is 10.4. The number of likely N-dealkylation sites (tertiary alicyclic amines) is 1. The molecule has 0 aromatic heterocycles. The molecule has 0 unspecified atom stereocenters. The highest BCUT2D eigenvalue weighted by atomic mass is 16.2. The largest absolute Gasteiger partial charge is 0.343 e. The van der Waals surface area contributed by atoms with Crippen LogP contribution in [0.3, 0.4) is 0 Å². The average Bonchev–Trinajstić information content (AvgIpc) is 3.39. The number of amides is 2. The van der Waals surface area contributed by atoms with Gasteiger partial charge in [0.15, 0.2) is 0 Å². The van der Waals surface area contributed by atoms with Crippen LogP contribution in [0.4, 0.5) is 0 Å². The van der Waals surface area contributed by atoms with Gasteiger partial charge in [-0.05, 0) is 63.0 Å². The number of hydrogen-bond acceptors (Lipinski definition) is 3. The number of carbonyl (C=O) groups excluding carboxylic acids is 2. The standard InChI is InChI=1S/C30H47N3O2/c1-25(22-27-12-4-2-5-13-27)23-33(30(35)16-15-26-10-7-8-11-26)24-28-17-20-32(21-18-28)29(34)14-6-3-9-19-31/h2,4-5,12-13,22,26,28H,3,6-11,14-21,23-24,31H2,1H3/b25-22-. The summed E-state index contributed by atoms with van der Waals surface area (Å²) in [5.41, 5.74) is 7.96. The van der Waals surface area contributed by atoms with Gasteiger partial charge in [-0.25, -0.2) is 0 Å². The van der Waals surface area contributed by atoms with Crippen molar-refractivity contribution in [3.8, 4) is 0 Å². The van der Waals surface area contributed by atoms with E-state index < -0.39 is 0 Å². The minimum atomic E-state index is 0.284. The first kappa shape index (κ1) is 27.4. The first-order chi connectivity index (χ1) is 17.0. The van der Waals surface area contributed by atoms with Gasteiger partial charge in [0.25, 0.3) is 0 Å². The molecule has 1 aliphatic carbocycles. The van der Waals surface area contributed by atoms with E-state index in [1.165, 1.54) is 36.8 Å². The van der Waals surface area contributed by atoms with Crippen LogP contribution in [-0.4, -0.2) is 54.3 Å². The molecule has 1 heterocycles. The Morgan fingerprint density at radius 2 is 1.69 bits per heavy atom. The van der Waals surface area contributed by atoms with E-state index in [0.717, 1.165) is 64.1 Å². The van der Waals surface area contributed by atoms with E-state index in [1.807, 2.05) is 11.0 Å². The zero-order valence-corrected chi connectivity index (χ0v) is 21.9. The van der Waals surface area contributed by atoms with Gasteiger partial charge in [-0.2, -0.15) is 0 Å². The lowest BCUT2D eigenvalue weighted by Gasteiger charge is -2.35. The highest BCUT2D eigenvalue weighted by Crippen LogP contribution is 2.29. The average molecular weight is 482 g/mol. The number of rotatable bonds is 13. The Morgan fingerprint density at radius 3 is 2.37 bits per heavy atom. The Kier molecular flexibility index (Phi) is 11.8. The second-order valence-electron chi connectivity index (χ2n) is 10.8. The number of unbranched alkanes of at least 4 members (excludes halogenated alkanes) is 2. The van der Waals surface area contributed by atoms with Crippen molar-refractivity contribution < 1.29 is 9.59 Å². The van der Waals surface area contributed by atoms with Gasteiger partial charge in [0.2, 0.25) is 11.8 Å². The zero-order valence-electron chi connectivity index (χ0n) is 21.9. The second-order valence-corrected chi connectivity index (χ2v) is 10.8. The quantitative estimate of drug-likeness (QED) is 0.370. The molecule has 0 bridgehead atoms. The van der Waals surface area contributed by atoms with Gasteiger partial charge in [0, 0.05) is 39.0 Å². The Labute approximate surface area is 213 Å². The van der Waals surface area contributed by atoms with E-state index in [0.29, 0.717) is 37.8 Å². The van der Waals surface area contributed by atoms with E-state index in [4.69, 9.17) is 5.73 Å². The highest BCUT2D eigenvalue weighted by molar-refractivity contribution is 5.77. The van der Waals surface area contributed by atoms with Crippen LogP contribution >= 0.6 is 0 Å². The molecule has 2 fully saturated rings. The summed E-state index contributed by atoms with van der Waals surface area (Å²) in [6.45, 7) is 5.99. The SMILES string of the molecule is C/C(=C/c1ccccc1)CN(CC1CCN(C(=O)CCCCCN)CC1)C(=O)CCC1CCCC1. The van der Waals surface area contributed by atoms with E-state index in [9.17, 15) is 9.59 Å². The van der Waals surface area contributed by atoms with Gasteiger partial charge in [-0.15, -0.1) is 0 Å². The first-order valence-corrected chi connectivity index (χ1v) is 14.0. The minimum absolute atomic E-state index is 0.284. The summed E-state index contributed by atoms with van der Waals surface area (Å²) >= 11 is 0. The first-order valence-electron chi connectivity index (χ1n) is 14.0. The lowest BCUT2D eigenvalue weighted by molar-refractivity contribution is -0.135. The summed E-state index contributed by atoms with van der Waals surface area (Å²) in [4.78, 5) is 30.0. The Bertz CT molecular complexity index is 793. The van der Waals surface area contributed by atoms with E-state index in [2.05, 4.69) is 42.2 Å². The second kappa shape index (κ2) is 15.1. The summed E-state index contributed by atoms with van der Waals surface area (Å²) in [5.74, 6) is 1.79. The number of benzene rings is 1. The summed E-state index contributed by atoms with van der Waals surface area (Å²) in [5, 5.41) is 0. The van der Waals surface area contributed by atoms with Crippen LogP contribution < -0.4 is 5.73 Å². The molecule has 0 spiro atoms. The molecule has 1 aromatic carbocycles. The van der Waals surface area contributed by atoms with Crippen LogP contribution in [0.5, 0.6) is 0 Å². The predicted octanol–water partition coefficient (Wildman–Crippen LogP) is 5.65. The third-order valence-electron chi connectivity index (χ3n) is 7.79. The van der Waals surface area contributed by atoms with E-state index in [-0.39, 0.29) is 5.91 Å². The predicted molar refractivity (Wildman–Crippen MR) is 145 cm³/mol. The molecule has 1 saturated carbocycles. The zero-order chi connectivity index (χ0) is 24.9. The number of nitrogens with two attached hydrogens (primary N) is 1. The van der Waals surface area contributed by atoms with Crippen molar-refractivity contribution in [1.29, 1.82) is 0 Å². The molecule has 0 atom stereocenters. The summed E-state index contributed by atoms with van der Waals surface area (Å²) in [7, 11) is 0. The van der Waals surface area contributed by atoms with Crippen LogP contribution in [0.15, 0.2) is 35.9 Å². The normalized spacial score (nSPS) is 17.7. The fourth-order valence-corrected chi connectivity index (χ4v) is 5.65. The van der Waals surface area contributed by atoms with E-state index in [1.54, 1.807) is 0 Å². The topological polar surface area (TPSA) is 66.6 Å². The smallest absolute Gasteiger partial charge is 0.222 e. The van der Waals surface area contributed by atoms with Gasteiger partial charge >= 0.3 is 0 Å². The molecule has 1 saturated heterocycles. The molecule has 2 N–H and O–H groups in total. The van der Waals surface area contributed by atoms with Crippen LogP contribution in [0, 0.1) is 11.8 Å². The molecule has 3 rings (SSSR count). The minimum Gasteiger partial charge on any atom is -0.343 e. The van der Waals surface area contributed by atoms with Gasteiger partial charge in [-0.3, -0.25) is 9.59 Å². The van der Waals surface area contributed by atoms with Crippen LogP contribution in [0.2, 0.25) is 0 Å². The van der Waals surface area contributed by atoms with Crippen LogP contribution in [0.1, 0.15) is 89.5 Å². The number of nitrogens with zero attached hydrogens (tertiary/aromatic N) is 2. The van der Waals surface area contributed by atoms with Gasteiger partial charge in [0.05, 0.1) is 0 Å². The van der Waals surface area contributed by atoms with Crippen molar-refractivity contribution in [1.82, 2.24) is 9.80 Å². The lowest BCUT2D eigenvalue weighted by atomic mass is 9.95.